The normalized spacial score (nSPS) is 21.6. The summed E-state index contributed by atoms with van der Waals surface area (Å²) in [6.07, 6.45) is 3.59. The molecule has 2 aliphatic rings. The second-order valence-corrected chi connectivity index (χ2v) is 8.00. The van der Waals surface area contributed by atoms with Crippen LogP contribution >= 0.6 is 0 Å². The number of aromatic nitrogens is 5. The third-order valence-corrected chi connectivity index (χ3v) is 6.44. The van der Waals surface area contributed by atoms with E-state index in [1.165, 1.54) is 0 Å². The Morgan fingerprint density at radius 2 is 2.00 bits per heavy atom. The molecule has 146 valence electrons. The summed E-state index contributed by atoms with van der Waals surface area (Å²) in [4.78, 5) is 15.4. The number of fused-ring (bicyclic) bond motifs is 1. The van der Waals surface area contributed by atoms with Gasteiger partial charge in [0.1, 0.15) is 12.2 Å². The van der Waals surface area contributed by atoms with Crippen molar-refractivity contribution in [3.63, 3.8) is 0 Å². The van der Waals surface area contributed by atoms with E-state index in [9.17, 15) is 4.79 Å². The lowest BCUT2D eigenvalue weighted by Crippen LogP contribution is -2.37. The molecule has 4 heterocycles. The third-order valence-electron chi connectivity index (χ3n) is 6.44. The van der Waals surface area contributed by atoms with Gasteiger partial charge < -0.3 is 14.2 Å². The zero-order valence-electron chi connectivity index (χ0n) is 16.2. The molecule has 1 amide bonds. The Morgan fingerprint density at radius 3 is 2.75 bits per heavy atom. The minimum atomic E-state index is -0.0146. The Bertz CT molecular complexity index is 1030. The molecule has 1 atom stereocenters. The maximum absolute atomic E-state index is 13.5. The Labute approximate surface area is 163 Å². The van der Waals surface area contributed by atoms with Crippen LogP contribution < -0.4 is 0 Å². The summed E-state index contributed by atoms with van der Waals surface area (Å²) in [6, 6.07) is 7.88. The van der Waals surface area contributed by atoms with Crippen LogP contribution in [0.3, 0.4) is 0 Å². The van der Waals surface area contributed by atoms with Crippen LogP contribution in [-0.4, -0.2) is 61.7 Å². The van der Waals surface area contributed by atoms with Crippen molar-refractivity contribution in [1.82, 2.24) is 29.4 Å². The molecule has 0 saturated carbocycles. The zero-order valence-corrected chi connectivity index (χ0v) is 16.2. The number of nitrogens with zero attached hydrogens (tertiary/aromatic N) is 6. The molecule has 0 aliphatic carbocycles. The highest BCUT2D eigenvalue weighted by atomic mass is 16.5. The Balaban J connectivity index is 1.52. The topological polar surface area (TPSA) is 78.1 Å². The molecule has 2 fully saturated rings. The first-order valence-electron chi connectivity index (χ1n) is 9.72. The number of carbonyl (C=O) groups excluding carboxylic acids is 1. The van der Waals surface area contributed by atoms with Gasteiger partial charge in [0.25, 0.3) is 5.91 Å². The first-order valence-corrected chi connectivity index (χ1v) is 9.72. The van der Waals surface area contributed by atoms with Crippen LogP contribution in [0.2, 0.25) is 0 Å². The van der Waals surface area contributed by atoms with E-state index < -0.39 is 0 Å². The molecule has 2 saturated heterocycles. The highest BCUT2D eigenvalue weighted by Crippen LogP contribution is 2.49. The highest BCUT2D eigenvalue weighted by molar-refractivity contribution is 6.05. The van der Waals surface area contributed by atoms with Gasteiger partial charge in [-0.15, -0.1) is 10.2 Å². The SMILES string of the molecule is Cn1cnnc1C1CN(C(=O)c2nn(C)c3ccccc23)CC12CCOCC2. The van der Waals surface area contributed by atoms with Gasteiger partial charge in [-0.25, -0.2) is 0 Å². The molecule has 2 aromatic heterocycles. The Hall–Kier alpha value is -2.74. The van der Waals surface area contributed by atoms with Crippen molar-refractivity contribution in [3.8, 4) is 0 Å². The predicted molar refractivity (Wildman–Crippen MR) is 103 cm³/mol. The zero-order chi connectivity index (χ0) is 19.3. The average Bonchev–Trinajstić information content (AvgIpc) is 3.38. The van der Waals surface area contributed by atoms with Crippen LogP contribution in [-0.2, 0) is 18.8 Å². The molecule has 1 spiro atoms. The molecular formula is C20H24N6O2. The van der Waals surface area contributed by atoms with Gasteiger partial charge in [-0.1, -0.05) is 18.2 Å². The number of likely N-dealkylation sites (tertiary alicyclic amines) is 1. The number of amides is 1. The van der Waals surface area contributed by atoms with Crippen LogP contribution in [0.15, 0.2) is 30.6 Å². The van der Waals surface area contributed by atoms with Crippen LogP contribution in [0.4, 0.5) is 0 Å². The predicted octanol–water partition coefficient (Wildman–Crippen LogP) is 1.74. The van der Waals surface area contributed by atoms with Gasteiger partial charge in [0.2, 0.25) is 0 Å². The molecule has 2 aliphatic heterocycles. The van der Waals surface area contributed by atoms with Gasteiger partial charge in [-0.05, 0) is 18.9 Å². The Morgan fingerprint density at radius 1 is 1.21 bits per heavy atom. The minimum absolute atomic E-state index is 0.00710. The fraction of sp³-hybridized carbons (Fsp3) is 0.500. The van der Waals surface area contributed by atoms with Crippen molar-refractivity contribution in [2.75, 3.05) is 26.3 Å². The lowest BCUT2D eigenvalue weighted by molar-refractivity contribution is 0.0108. The lowest BCUT2D eigenvalue weighted by atomic mass is 9.72. The first-order chi connectivity index (χ1) is 13.6. The summed E-state index contributed by atoms with van der Waals surface area (Å²) < 4.78 is 9.39. The molecule has 1 aromatic carbocycles. The molecule has 1 unspecified atom stereocenters. The van der Waals surface area contributed by atoms with Crippen molar-refractivity contribution in [3.05, 3.63) is 42.1 Å². The standard InChI is InChI=1S/C20H24N6O2/c1-24-13-21-22-18(24)15-11-26(12-20(15)7-9-28-10-8-20)19(27)17-14-5-3-4-6-16(14)25(2)23-17/h3-6,13,15H,7-12H2,1-2H3. The summed E-state index contributed by atoms with van der Waals surface area (Å²) in [5.41, 5.74) is 1.48. The van der Waals surface area contributed by atoms with Crippen LogP contribution in [0.1, 0.15) is 35.1 Å². The van der Waals surface area contributed by atoms with Crippen molar-refractivity contribution in [2.24, 2.45) is 19.5 Å². The minimum Gasteiger partial charge on any atom is -0.381 e. The molecule has 0 radical (unpaired) electrons. The van der Waals surface area contributed by atoms with Gasteiger partial charge in [0, 0.05) is 57.1 Å². The van der Waals surface area contributed by atoms with Gasteiger partial charge in [0.05, 0.1) is 5.52 Å². The summed E-state index contributed by atoms with van der Waals surface area (Å²) in [5, 5.41) is 13.9. The van der Waals surface area contributed by atoms with Crippen molar-refractivity contribution >= 4 is 16.8 Å². The van der Waals surface area contributed by atoms with Crippen LogP contribution in [0, 0.1) is 5.41 Å². The Kier molecular flexibility index (Phi) is 3.97. The number of rotatable bonds is 2. The van der Waals surface area contributed by atoms with E-state index in [2.05, 4.69) is 15.3 Å². The average molecular weight is 380 g/mol. The number of aryl methyl sites for hydroxylation is 2. The smallest absolute Gasteiger partial charge is 0.275 e. The number of benzene rings is 1. The second kappa shape index (κ2) is 6.41. The number of hydrogen-bond acceptors (Lipinski definition) is 5. The number of ether oxygens (including phenoxy) is 1. The highest BCUT2D eigenvalue weighted by Gasteiger charge is 2.51. The fourth-order valence-corrected chi connectivity index (χ4v) is 4.89. The van der Waals surface area contributed by atoms with Gasteiger partial charge in [-0.3, -0.25) is 9.48 Å². The van der Waals surface area contributed by atoms with Crippen LogP contribution in [0.5, 0.6) is 0 Å². The van der Waals surface area contributed by atoms with Crippen LogP contribution in [0.25, 0.3) is 10.9 Å². The summed E-state index contributed by atoms with van der Waals surface area (Å²) in [7, 11) is 3.85. The molecular weight excluding hydrogens is 356 g/mol. The number of carbonyl (C=O) groups is 1. The largest absolute Gasteiger partial charge is 0.381 e. The summed E-state index contributed by atoms with van der Waals surface area (Å²) in [5.74, 6) is 1.10. The number of para-hydroxylation sites is 1. The van der Waals surface area contributed by atoms with Gasteiger partial charge in [-0.2, -0.15) is 5.10 Å². The van der Waals surface area contributed by atoms with Crippen molar-refractivity contribution < 1.29 is 9.53 Å². The van der Waals surface area contributed by atoms with E-state index in [0.717, 1.165) is 42.8 Å². The molecule has 3 aromatic rings. The second-order valence-electron chi connectivity index (χ2n) is 8.00. The molecule has 0 bridgehead atoms. The maximum Gasteiger partial charge on any atom is 0.275 e. The van der Waals surface area contributed by atoms with E-state index in [-0.39, 0.29) is 17.2 Å². The summed E-state index contributed by atoms with van der Waals surface area (Å²) in [6.45, 7) is 2.79. The van der Waals surface area contributed by atoms with Gasteiger partial charge in [0.15, 0.2) is 5.69 Å². The molecule has 8 nitrogen and oxygen atoms in total. The molecule has 0 N–H and O–H groups in total. The van der Waals surface area contributed by atoms with Crippen molar-refractivity contribution in [1.29, 1.82) is 0 Å². The molecule has 5 rings (SSSR count). The van der Waals surface area contributed by atoms with Gasteiger partial charge >= 0.3 is 0 Å². The van der Waals surface area contributed by atoms with E-state index >= 15 is 0 Å². The quantitative estimate of drug-likeness (QED) is 0.677. The van der Waals surface area contributed by atoms with E-state index in [1.807, 2.05) is 47.8 Å². The third kappa shape index (κ3) is 2.55. The number of hydrogen-bond donors (Lipinski definition) is 0. The maximum atomic E-state index is 13.5. The van der Waals surface area contributed by atoms with Crippen molar-refractivity contribution in [2.45, 2.75) is 18.8 Å². The lowest BCUT2D eigenvalue weighted by Gasteiger charge is -2.37. The monoisotopic (exact) mass is 380 g/mol. The van der Waals surface area contributed by atoms with E-state index in [0.29, 0.717) is 18.8 Å². The fourth-order valence-electron chi connectivity index (χ4n) is 4.89. The molecule has 8 heteroatoms. The summed E-state index contributed by atoms with van der Waals surface area (Å²) >= 11 is 0. The van der Waals surface area contributed by atoms with E-state index in [1.54, 1.807) is 11.0 Å². The molecule has 28 heavy (non-hydrogen) atoms. The first kappa shape index (κ1) is 17.4. The van der Waals surface area contributed by atoms with E-state index in [4.69, 9.17) is 4.74 Å².